The van der Waals surface area contributed by atoms with Crippen molar-refractivity contribution in [3.05, 3.63) is 48.2 Å². The first-order valence-corrected chi connectivity index (χ1v) is 9.88. The molecule has 166 valence electrons. The molecule has 2 aromatic rings. The van der Waals surface area contributed by atoms with Gasteiger partial charge < -0.3 is 20.1 Å². The van der Waals surface area contributed by atoms with E-state index in [9.17, 15) is 4.79 Å². The molecule has 6 nitrogen and oxygen atoms in total. The summed E-state index contributed by atoms with van der Waals surface area (Å²) in [7, 11) is 1.62. The average Bonchev–Trinajstić information content (AvgIpc) is 2.74. The van der Waals surface area contributed by atoms with Gasteiger partial charge in [0.15, 0.2) is 0 Å². The van der Waals surface area contributed by atoms with Gasteiger partial charge in [-0.15, -0.1) is 24.8 Å². The molecule has 1 amide bonds. The third-order valence-electron chi connectivity index (χ3n) is 5.20. The van der Waals surface area contributed by atoms with Crippen LogP contribution in [0.4, 0.5) is 0 Å². The van der Waals surface area contributed by atoms with Gasteiger partial charge in [0.25, 0.3) is 0 Å². The SMILES string of the molecule is COc1cccc(Oc2ccc(CNC(=O)CC(C)C3CCCNC3)cn2)c1.Cl.Cl. The Morgan fingerprint density at radius 2 is 2.07 bits per heavy atom. The molecule has 2 unspecified atom stereocenters. The Balaban J connectivity index is 0.00000225. The molecule has 2 N–H and O–H groups in total. The number of halogens is 2. The molecular weight excluding hydrogens is 425 g/mol. The number of piperidine rings is 1. The van der Waals surface area contributed by atoms with E-state index in [0.717, 1.165) is 24.4 Å². The van der Waals surface area contributed by atoms with Gasteiger partial charge in [0, 0.05) is 31.3 Å². The molecular formula is C22H31Cl2N3O3. The van der Waals surface area contributed by atoms with Crippen LogP contribution in [0.1, 0.15) is 31.7 Å². The fourth-order valence-electron chi connectivity index (χ4n) is 3.46. The molecule has 2 heterocycles. The Kier molecular flexibility index (Phi) is 11.5. The Morgan fingerprint density at radius 1 is 1.27 bits per heavy atom. The molecule has 1 saturated heterocycles. The minimum absolute atomic E-state index is 0. The molecule has 0 aliphatic carbocycles. The van der Waals surface area contributed by atoms with E-state index in [4.69, 9.17) is 9.47 Å². The summed E-state index contributed by atoms with van der Waals surface area (Å²) in [6.07, 6.45) is 4.70. The summed E-state index contributed by atoms with van der Waals surface area (Å²) in [4.78, 5) is 16.6. The van der Waals surface area contributed by atoms with Gasteiger partial charge in [-0.2, -0.15) is 0 Å². The van der Waals surface area contributed by atoms with Gasteiger partial charge in [-0.1, -0.05) is 19.1 Å². The second-order valence-electron chi connectivity index (χ2n) is 7.35. The number of nitrogens with one attached hydrogen (secondary N) is 2. The van der Waals surface area contributed by atoms with Crippen molar-refractivity contribution in [2.75, 3.05) is 20.2 Å². The lowest BCUT2D eigenvalue weighted by molar-refractivity contribution is -0.122. The zero-order chi connectivity index (χ0) is 19.8. The van der Waals surface area contributed by atoms with E-state index < -0.39 is 0 Å². The van der Waals surface area contributed by atoms with Gasteiger partial charge in [-0.05, 0) is 55.5 Å². The van der Waals surface area contributed by atoms with E-state index >= 15 is 0 Å². The van der Waals surface area contributed by atoms with Crippen molar-refractivity contribution >= 4 is 30.7 Å². The van der Waals surface area contributed by atoms with E-state index in [1.165, 1.54) is 12.8 Å². The highest BCUT2D eigenvalue weighted by atomic mass is 35.5. The Labute approximate surface area is 191 Å². The number of amides is 1. The summed E-state index contributed by atoms with van der Waals surface area (Å²) >= 11 is 0. The number of rotatable bonds is 8. The third kappa shape index (κ3) is 8.01. The normalized spacial score (nSPS) is 16.4. The van der Waals surface area contributed by atoms with Crippen molar-refractivity contribution in [2.45, 2.75) is 32.7 Å². The topological polar surface area (TPSA) is 72.5 Å². The molecule has 3 rings (SSSR count). The molecule has 0 radical (unpaired) electrons. The number of hydrogen-bond donors (Lipinski definition) is 2. The van der Waals surface area contributed by atoms with Crippen molar-refractivity contribution in [2.24, 2.45) is 11.8 Å². The van der Waals surface area contributed by atoms with Crippen molar-refractivity contribution in [3.63, 3.8) is 0 Å². The van der Waals surface area contributed by atoms with Crippen molar-refractivity contribution in [1.82, 2.24) is 15.6 Å². The molecule has 8 heteroatoms. The number of nitrogens with zero attached hydrogens (tertiary/aromatic N) is 1. The minimum atomic E-state index is 0. The highest BCUT2D eigenvalue weighted by Gasteiger charge is 2.21. The van der Waals surface area contributed by atoms with E-state index in [-0.39, 0.29) is 30.7 Å². The third-order valence-corrected chi connectivity index (χ3v) is 5.20. The van der Waals surface area contributed by atoms with Gasteiger partial charge in [0.1, 0.15) is 11.5 Å². The number of methoxy groups -OCH3 is 1. The number of benzene rings is 1. The highest BCUT2D eigenvalue weighted by molar-refractivity contribution is 5.85. The molecule has 0 saturated carbocycles. The van der Waals surface area contributed by atoms with Gasteiger partial charge >= 0.3 is 0 Å². The number of carbonyl (C=O) groups is 1. The maximum absolute atomic E-state index is 12.2. The van der Waals surface area contributed by atoms with Crippen LogP contribution in [-0.2, 0) is 11.3 Å². The lowest BCUT2D eigenvalue weighted by Crippen LogP contribution is -2.35. The minimum Gasteiger partial charge on any atom is -0.497 e. The largest absolute Gasteiger partial charge is 0.497 e. The average molecular weight is 456 g/mol. The van der Waals surface area contributed by atoms with Gasteiger partial charge in [-0.3, -0.25) is 4.79 Å². The molecule has 1 fully saturated rings. The van der Waals surface area contributed by atoms with Crippen LogP contribution in [0.25, 0.3) is 0 Å². The van der Waals surface area contributed by atoms with Crippen molar-refractivity contribution in [1.29, 1.82) is 0 Å². The number of hydrogen-bond acceptors (Lipinski definition) is 5. The molecule has 1 aromatic carbocycles. The second kappa shape index (κ2) is 13.3. The van der Waals surface area contributed by atoms with Crippen LogP contribution in [0, 0.1) is 11.8 Å². The Morgan fingerprint density at radius 3 is 2.73 bits per heavy atom. The van der Waals surface area contributed by atoms with Gasteiger partial charge in [-0.25, -0.2) is 4.98 Å². The fourth-order valence-corrected chi connectivity index (χ4v) is 3.46. The molecule has 1 aliphatic heterocycles. The molecule has 1 aromatic heterocycles. The van der Waals surface area contributed by atoms with Crippen molar-refractivity contribution in [3.8, 4) is 17.4 Å². The maximum atomic E-state index is 12.2. The van der Waals surface area contributed by atoms with Crippen molar-refractivity contribution < 1.29 is 14.3 Å². The first-order valence-electron chi connectivity index (χ1n) is 9.88. The first-order chi connectivity index (χ1) is 13.6. The Hall–Kier alpha value is -2.02. The molecule has 2 atom stereocenters. The summed E-state index contributed by atoms with van der Waals surface area (Å²) in [6, 6.07) is 11.1. The van der Waals surface area contributed by atoms with E-state index in [1.807, 2.05) is 24.3 Å². The molecule has 0 spiro atoms. The fraction of sp³-hybridized carbons (Fsp3) is 0.455. The quantitative estimate of drug-likeness (QED) is 0.618. The predicted molar refractivity (Wildman–Crippen MR) is 123 cm³/mol. The predicted octanol–water partition coefficient (Wildman–Crippen LogP) is 4.37. The zero-order valence-electron chi connectivity index (χ0n) is 17.4. The lowest BCUT2D eigenvalue weighted by Gasteiger charge is -2.28. The summed E-state index contributed by atoms with van der Waals surface area (Å²) in [6.45, 7) is 4.76. The van der Waals surface area contributed by atoms with E-state index in [2.05, 4.69) is 22.5 Å². The van der Waals surface area contributed by atoms with Gasteiger partial charge in [0.05, 0.1) is 7.11 Å². The van der Waals surface area contributed by atoms with Crippen LogP contribution >= 0.6 is 24.8 Å². The summed E-state index contributed by atoms with van der Waals surface area (Å²) in [5.41, 5.74) is 0.943. The van der Waals surface area contributed by atoms with Crippen LogP contribution in [0.2, 0.25) is 0 Å². The smallest absolute Gasteiger partial charge is 0.220 e. The number of carbonyl (C=O) groups excluding carboxylic acids is 1. The van der Waals surface area contributed by atoms with Crippen LogP contribution < -0.4 is 20.1 Å². The van der Waals surface area contributed by atoms with Crippen LogP contribution in [0.3, 0.4) is 0 Å². The van der Waals surface area contributed by atoms with Crippen LogP contribution in [0.5, 0.6) is 17.4 Å². The Bertz CT molecular complexity index is 768. The molecule has 1 aliphatic rings. The number of pyridine rings is 1. The maximum Gasteiger partial charge on any atom is 0.220 e. The number of aromatic nitrogens is 1. The zero-order valence-corrected chi connectivity index (χ0v) is 19.1. The van der Waals surface area contributed by atoms with Crippen LogP contribution in [0.15, 0.2) is 42.6 Å². The molecule has 30 heavy (non-hydrogen) atoms. The van der Waals surface area contributed by atoms with E-state index in [0.29, 0.717) is 36.4 Å². The first kappa shape index (κ1) is 26.0. The standard InChI is InChI=1S/C22H29N3O3.2ClH/c1-16(18-5-4-10-23-15-18)11-21(26)24-13-17-8-9-22(25-14-17)28-20-7-3-6-19(12-20)27-2;;/h3,6-9,12,14,16,18,23H,4-5,10-11,13,15H2,1-2H3,(H,24,26);2*1H. The highest BCUT2D eigenvalue weighted by Crippen LogP contribution is 2.24. The van der Waals surface area contributed by atoms with E-state index in [1.54, 1.807) is 25.4 Å². The van der Waals surface area contributed by atoms with Gasteiger partial charge in [0.2, 0.25) is 11.8 Å². The number of ether oxygens (including phenoxy) is 2. The lowest BCUT2D eigenvalue weighted by atomic mass is 9.85. The summed E-state index contributed by atoms with van der Waals surface area (Å²) < 4.78 is 10.9. The second-order valence-corrected chi connectivity index (χ2v) is 7.35. The van der Waals surface area contributed by atoms with Crippen LogP contribution in [-0.4, -0.2) is 31.1 Å². The monoisotopic (exact) mass is 455 g/mol. The molecule has 0 bridgehead atoms. The summed E-state index contributed by atoms with van der Waals surface area (Å²) in [5.74, 6) is 2.98. The summed E-state index contributed by atoms with van der Waals surface area (Å²) in [5, 5.41) is 6.41.